The third-order valence-electron chi connectivity index (χ3n) is 4.06. The van der Waals surface area contributed by atoms with Crippen LogP contribution in [0.3, 0.4) is 0 Å². The van der Waals surface area contributed by atoms with Gasteiger partial charge in [0.25, 0.3) is 5.56 Å². The molecule has 0 saturated carbocycles. The van der Waals surface area contributed by atoms with Crippen molar-refractivity contribution in [2.24, 2.45) is 7.05 Å². The minimum absolute atomic E-state index is 0.0196. The Labute approximate surface area is 126 Å². The van der Waals surface area contributed by atoms with Gasteiger partial charge >= 0.3 is 0 Å². The van der Waals surface area contributed by atoms with Gasteiger partial charge in [-0.2, -0.15) is 0 Å². The van der Waals surface area contributed by atoms with Gasteiger partial charge in [0, 0.05) is 29.6 Å². The highest BCUT2D eigenvalue weighted by molar-refractivity contribution is 5.87. The summed E-state index contributed by atoms with van der Waals surface area (Å²) < 4.78 is 15.7. The number of aromatic hydroxyl groups is 1. The molecule has 0 radical (unpaired) electrons. The van der Waals surface area contributed by atoms with Crippen LogP contribution in [0.25, 0.3) is 22.3 Å². The van der Waals surface area contributed by atoms with Gasteiger partial charge in [0.1, 0.15) is 11.6 Å². The summed E-state index contributed by atoms with van der Waals surface area (Å²) in [7, 11) is 1.86. The molecule has 3 rings (SSSR count). The third kappa shape index (κ3) is 2.09. The first-order chi connectivity index (χ1) is 10.4. The number of rotatable bonds is 2. The molecule has 0 saturated heterocycles. The lowest BCUT2D eigenvalue weighted by Crippen LogP contribution is -2.09. The number of nitrogens with zero attached hydrogens (tertiary/aromatic N) is 1. The van der Waals surface area contributed by atoms with Crippen molar-refractivity contribution in [1.82, 2.24) is 9.55 Å². The summed E-state index contributed by atoms with van der Waals surface area (Å²) in [5.41, 5.74) is 3.06. The van der Waals surface area contributed by atoms with Crippen molar-refractivity contribution in [3.8, 4) is 17.1 Å². The zero-order valence-corrected chi connectivity index (χ0v) is 12.7. The van der Waals surface area contributed by atoms with E-state index < -0.39 is 0 Å². The van der Waals surface area contributed by atoms with Crippen molar-refractivity contribution in [1.29, 1.82) is 0 Å². The molecule has 0 aliphatic heterocycles. The number of H-pyrrole nitrogens is 1. The summed E-state index contributed by atoms with van der Waals surface area (Å²) in [6.07, 6.45) is 0.576. The molecule has 2 N–H and O–H groups in total. The fourth-order valence-electron chi connectivity index (χ4n) is 2.85. The number of aromatic amines is 1. The summed E-state index contributed by atoms with van der Waals surface area (Å²) in [5.74, 6) is -0.279. The number of aromatic nitrogens is 2. The van der Waals surface area contributed by atoms with Crippen LogP contribution < -0.4 is 5.56 Å². The van der Waals surface area contributed by atoms with E-state index in [0.717, 1.165) is 16.6 Å². The van der Waals surface area contributed by atoms with Crippen LogP contribution >= 0.6 is 0 Å². The first-order valence-electron chi connectivity index (χ1n) is 7.13. The summed E-state index contributed by atoms with van der Waals surface area (Å²) in [6, 6.07) is 6.26. The summed E-state index contributed by atoms with van der Waals surface area (Å²) in [4.78, 5) is 14.5. The van der Waals surface area contributed by atoms with Crippen LogP contribution in [0.1, 0.15) is 18.1 Å². The fourth-order valence-corrected chi connectivity index (χ4v) is 2.85. The highest BCUT2D eigenvalue weighted by Crippen LogP contribution is 2.32. The fraction of sp³-hybridized carbons (Fsp3) is 0.235. The highest BCUT2D eigenvalue weighted by atomic mass is 19.1. The van der Waals surface area contributed by atoms with Gasteiger partial charge in [0.05, 0.1) is 11.4 Å². The van der Waals surface area contributed by atoms with Gasteiger partial charge in [-0.05, 0) is 37.1 Å². The predicted molar refractivity (Wildman–Crippen MR) is 84.7 cm³/mol. The van der Waals surface area contributed by atoms with Crippen LogP contribution in [0, 0.1) is 12.7 Å². The molecule has 114 valence electrons. The summed E-state index contributed by atoms with van der Waals surface area (Å²) in [5, 5.41) is 10.8. The average molecular weight is 300 g/mol. The molecular weight excluding hydrogens is 283 g/mol. The molecule has 1 aromatic carbocycles. The molecule has 0 atom stereocenters. The molecule has 3 aromatic rings. The molecule has 5 heteroatoms. The average Bonchev–Trinajstić information content (AvgIpc) is 2.76. The van der Waals surface area contributed by atoms with Gasteiger partial charge in [0.2, 0.25) is 0 Å². The zero-order chi connectivity index (χ0) is 16.0. The number of pyridine rings is 1. The van der Waals surface area contributed by atoms with Crippen molar-refractivity contribution in [3.05, 3.63) is 51.6 Å². The lowest BCUT2D eigenvalue weighted by atomic mass is 10.1. The van der Waals surface area contributed by atoms with Crippen molar-refractivity contribution in [2.45, 2.75) is 20.3 Å². The first-order valence-corrected chi connectivity index (χ1v) is 7.13. The molecule has 0 spiro atoms. The quantitative estimate of drug-likeness (QED) is 0.763. The second-order valence-corrected chi connectivity index (χ2v) is 5.47. The number of benzene rings is 1. The molecule has 0 bridgehead atoms. The SMILES string of the molecule is CCc1c(O)cc(=O)[nH]c1-c1cc2cc(F)c(C)cc2n1C. The van der Waals surface area contributed by atoms with Crippen LogP contribution in [0.15, 0.2) is 29.1 Å². The molecular formula is C17H17FN2O2. The normalized spacial score (nSPS) is 11.3. The molecule has 0 unspecified atom stereocenters. The van der Waals surface area contributed by atoms with Crippen LogP contribution in [0.5, 0.6) is 5.75 Å². The van der Waals surface area contributed by atoms with E-state index in [1.54, 1.807) is 13.0 Å². The van der Waals surface area contributed by atoms with Crippen molar-refractivity contribution in [2.75, 3.05) is 0 Å². The van der Waals surface area contributed by atoms with E-state index in [2.05, 4.69) is 4.98 Å². The Morgan fingerprint density at radius 3 is 2.68 bits per heavy atom. The Kier molecular flexibility index (Phi) is 3.28. The Bertz CT molecular complexity index is 938. The zero-order valence-electron chi connectivity index (χ0n) is 12.7. The number of halogens is 1. The standard InChI is InChI=1S/C17H17FN2O2/c1-4-11-15(21)8-16(22)19-17(11)14-7-10-6-12(18)9(2)5-13(10)20(14)3/h5-8H,4H2,1-3H3,(H2,19,21,22). The van der Waals surface area contributed by atoms with E-state index in [4.69, 9.17) is 0 Å². The van der Waals surface area contributed by atoms with Crippen LogP contribution in [0.4, 0.5) is 4.39 Å². The molecule has 0 aliphatic rings. The lowest BCUT2D eigenvalue weighted by Gasteiger charge is -2.10. The monoisotopic (exact) mass is 300 g/mol. The van der Waals surface area contributed by atoms with Crippen molar-refractivity contribution >= 4 is 10.9 Å². The predicted octanol–water partition coefficient (Wildman–Crippen LogP) is 3.25. The molecule has 2 aromatic heterocycles. The third-order valence-corrected chi connectivity index (χ3v) is 4.06. The van der Waals surface area contributed by atoms with E-state index in [0.29, 0.717) is 23.2 Å². The molecule has 4 nitrogen and oxygen atoms in total. The molecule has 0 aliphatic carbocycles. The largest absolute Gasteiger partial charge is 0.507 e. The molecule has 22 heavy (non-hydrogen) atoms. The van der Waals surface area contributed by atoms with Crippen LogP contribution in [-0.2, 0) is 13.5 Å². The van der Waals surface area contributed by atoms with Crippen LogP contribution in [-0.4, -0.2) is 14.7 Å². The van der Waals surface area contributed by atoms with E-state index in [1.165, 1.54) is 12.1 Å². The number of nitrogens with one attached hydrogen (secondary N) is 1. The van der Waals surface area contributed by atoms with Gasteiger partial charge in [-0.3, -0.25) is 4.79 Å². The van der Waals surface area contributed by atoms with Gasteiger partial charge in [0.15, 0.2) is 0 Å². The highest BCUT2D eigenvalue weighted by Gasteiger charge is 2.16. The van der Waals surface area contributed by atoms with Gasteiger partial charge in [-0.25, -0.2) is 4.39 Å². The number of aryl methyl sites for hydroxylation is 2. The second-order valence-electron chi connectivity index (χ2n) is 5.47. The van der Waals surface area contributed by atoms with Crippen molar-refractivity contribution in [3.63, 3.8) is 0 Å². The Morgan fingerprint density at radius 1 is 1.27 bits per heavy atom. The lowest BCUT2D eigenvalue weighted by molar-refractivity contribution is 0.467. The Morgan fingerprint density at radius 2 is 2.00 bits per heavy atom. The minimum atomic E-state index is -0.364. The van der Waals surface area contributed by atoms with E-state index in [1.807, 2.05) is 24.6 Å². The Hall–Kier alpha value is -2.56. The van der Waals surface area contributed by atoms with Gasteiger partial charge in [-0.1, -0.05) is 6.92 Å². The van der Waals surface area contributed by atoms with Gasteiger partial charge < -0.3 is 14.7 Å². The maximum Gasteiger partial charge on any atom is 0.252 e. The number of hydrogen-bond acceptors (Lipinski definition) is 2. The van der Waals surface area contributed by atoms with Gasteiger partial charge in [-0.15, -0.1) is 0 Å². The summed E-state index contributed by atoms with van der Waals surface area (Å²) >= 11 is 0. The summed E-state index contributed by atoms with van der Waals surface area (Å²) in [6.45, 7) is 3.62. The van der Waals surface area contributed by atoms with E-state index in [-0.39, 0.29) is 17.1 Å². The minimum Gasteiger partial charge on any atom is -0.507 e. The second kappa shape index (κ2) is 5.02. The smallest absolute Gasteiger partial charge is 0.252 e. The maximum absolute atomic E-state index is 13.8. The van der Waals surface area contributed by atoms with Crippen molar-refractivity contribution < 1.29 is 9.50 Å². The Balaban J connectivity index is 2.36. The molecule has 0 fully saturated rings. The molecule has 2 heterocycles. The topological polar surface area (TPSA) is 58.0 Å². The number of hydrogen-bond donors (Lipinski definition) is 2. The number of fused-ring (bicyclic) bond motifs is 1. The van der Waals surface area contributed by atoms with Crippen LogP contribution in [0.2, 0.25) is 0 Å². The van der Waals surface area contributed by atoms with E-state index >= 15 is 0 Å². The first kappa shape index (κ1) is 14.4. The molecule has 0 amide bonds. The van der Waals surface area contributed by atoms with E-state index in [9.17, 15) is 14.3 Å². The maximum atomic E-state index is 13.8.